The number of nitrogens with zero attached hydrogens (tertiary/aromatic N) is 4. The zero-order chi connectivity index (χ0) is 24.4. The molecule has 0 spiro atoms. The van der Waals surface area contributed by atoms with E-state index in [1.54, 1.807) is 4.68 Å². The third kappa shape index (κ3) is 6.51. The van der Waals surface area contributed by atoms with Gasteiger partial charge in [0.1, 0.15) is 5.01 Å². The normalized spacial score (nSPS) is 18.3. The summed E-state index contributed by atoms with van der Waals surface area (Å²) < 4.78 is 41.8. The fraction of sp³-hybridized carbons (Fsp3) is 0.609. The van der Waals surface area contributed by atoms with E-state index < -0.39 is 23.8 Å². The van der Waals surface area contributed by atoms with Crippen molar-refractivity contribution in [3.63, 3.8) is 0 Å². The quantitative estimate of drug-likeness (QED) is 0.661. The van der Waals surface area contributed by atoms with Crippen LogP contribution in [-0.2, 0) is 24.7 Å². The number of unbranched alkanes of at least 4 members (excludes halogenated alkanes) is 1. The van der Waals surface area contributed by atoms with Crippen LogP contribution in [0.15, 0.2) is 23.2 Å². The van der Waals surface area contributed by atoms with Crippen LogP contribution in [0, 0.1) is 0 Å². The highest BCUT2D eigenvalue weighted by Gasteiger charge is 2.32. The van der Waals surface area contributed by atoms with E-state index >= 15 is 0 Å². The van der Waals surface area contributed by atoms with E-state index in [9.17, 15) is 23.1 Å². The van der Waals surface area contributed by atoms with Gasteiger partial charge in [-0.3, -0.25) is 9.69 Å². The van der Waals surface area contributed by atoms with Gasteiger partial charge in [0.25, 0.3) is 5.91 Å². The van der Waals surface area contributed by atoms with Crippen molar-refractivity contribution in [2.75, 3.05) is 13.1 Å². The summed E-state index contributed by atoms with van der Waals surface area (Å²) in [6.07, 6.45) is -2.65. The Labute approximate surface area is 195 Å². The number of alkyl halides is 3. The average molecular weight is 485 g/mol. The van der Waals surface area contributed by atoms with Gasteiger partial charge in [0.15, 0.2) is 0 Å². The number of amides is 1. The number of β-amino-alcohol motifs (C(OH)–C–C–N with tert-alkyl or cyclic N) is 1. The van der Waals surface area contributed by atoms with Crippen molar-refractivity contribution in [2.24, 2.45) is 4.99 Å². The van der Waals surface area contributed by atoms with Crippen molar-refractivity contribution in [1.82, 2.24) is 14.7 Å². The zero-order valence-corrected chi connectivity index (χ0v) is 20.3. The fourth-order valence-corrected chi connectivity index (χ4v) is 4.57. The summed E-state index contributed by atoms with van der Waals surface area (Å²) in [5.41, 5.74) is -0.733. The second-order valence-electron chi connectivity index (χ2n) is 9.48. The standard InChI is InChI=1S/C23H31F3N4O2S/c1-5-6-10-30-21(33-20(28-30)22(2,3)4)27-19(32)18-12-16(23(24,25)26)8-7-15(18)13-29-11-9-17(31)14-29/h7-8,12,17,31H,5-6,9-11,13-14H2,1-4H3/b27-21-/t17-/m0/s1. The maximum absolute atomic E-state index is 13.4. The molecule has 0 unspecified atom stereocenters. The number of aromatic nitrogens is 2. The van der Waals surface area contributed by atoms with Gasteiger partial charge >= 0.3 is 6.18 Å². The molecule has 1 aromatic carbocycles. The molecule has 0 saturated carbocycles. The molecule has 0 radical (unpaired) electrons. The minimum atomic E-state index is -4.57. The van der Waals surface area contributed by atoms with Gasteiger partial charge in [-0.25, -0.2) is 4.68 Å². The highest BCUT2D eigenvalue weighted by molar-refractivity contribution is 7.09. The lowest BCUT2D eigenvalue weighted by Gasteiger charge is -2.18. The molecule has 2 heterocycles. The maximum atomic E-state index is 13.4. The van der Waals surface area contributed by atoms with E-state index in [1.807, 2.05) is 32.6 Å². The van der Waals surface area contributed by atoms with Crippen molar-refractivity contribution in [1.29, 1.82) is 0 Å². The number of likely N-dealkylation sites (tertiary alicyclic amines) is 1. The molecule has 1 aromatic heterocycles. The minimum absolute atomic E-state index is 0.0704. The largest absolute Gasteiger partial charge is 0.416 e. The molecule has 1 N–H and O–H groups in total. The van der Waals surface area contributed by atoms with Gasteiger partial charge in [0, 0.05) is 37.2 Å². The smallest absolute Gasteiger partial charge is 0.392 e. The third-order valence-electron chi connectivity index (χ3n) is 5.49. The highest BCUT2D eigenvalue weighted by Crippen LogP contribution is 2.31. The maximum Gasteiger partial charge on any atom is 0.416 e. The number of aliphatic hydroxyl groups excluding tert-OH is 1. The first-order valence-electron chi connectivity index (χ1n) is 11.2. The summed E-state index contributed by atoms with van der Waals surface area (Å²) in [5.74, 6) is -0.717. The van der Waals surface area contributed by atoms with Crippen molar-refractivity contribution in [3.8, 4) is 0 Å². The van der Waals surface area contributed by atoms with Gasteiger partial charge in [-0.1, -0.05) is 51.5 Å². The van der Waals surface area contributed by atoms with Crippen LogP contribution in [0.4, 0.5) is 13.2 Å². The van der Waals surface area contributed by atoms with E-state index in [4.69, 9.17) is 0 Å². The van der Waals surface area contributed by atoms with Crippen LogP contribution < -0.4 is 4.80 Å². The summed E-state index contributed by atoms with van der Waals surface area (Å²) in [5, 5.41) is 15.2. The SMILES string of the molecule is CCCCn1nc(C(C)(C)C)s/c1=N\C(=O)c1cc(C(F)(F)F)ccc1CN1CC[C@H](O)C1. The molecule has 1 amide bonds. The number of aliphatic hydroxyl groups is 1. The second kappa shape index (κ2) is 10.1. The molecule has 33 heavy (non-hydrogen) atoms. The average Bonchev–Trinajstić information content (AvgIpc) is 3.31. The molecular weight excluding hydrogens is 453 g/mol. The summed E-state index contributed by atoms with van der Waals surface area (Å²) in [6, 6.07) is 3.22. The monoisotopic (exact) mass is 484 g/mol. The molecule has 3 rings (SSSR count). The first-order chi connectivity index (χ1) is 15.4. The molecule has 2 aromatic rings. The minimum Gasteiger partial charge on any atom is -0.392 e. The second-order valence-corrected chi connectivity index (χ2v) is 10.4. The van der Waals surface area contributed by atoms with E-state index in [2.05, 4.69) is 10.1 Å². The highest BCUT2D eigenvalue weighted by atomic mass is 32.1. The first kappa shape index (κ1) is 25.6. The molecule has 1 atom stereocenters. The molecule has 6 nitrogen and oxygen atoms in total. The third-order valence-corrected chi connectivity index (χ3v) is 6.86. The fourth-order valence-electron chi connectivity index (χ4n) is 3.58. The van der Waals surface area contributed by atoms with Crippen LogP contribution in [0.1, 0.15) is 73.4 Å². The van der Waals surface area contributed by atoms with Crippen LogP contribution in [-0.4, -0.2) is 44.9 Å². The van der Waals surface area contributed by atoms with E-state index in [0.717, 1.165) is 30.0 Å². The molecule has 1 fully saturated rings. The molecule has 10 heteroatoms. The predicted molar refractivity (Wildman–Crippen MR) is 121 cm³/mol. The molecule has 0 aliphatic carbocycles. The van der Waals surface area contributed by atoms with E-state index in [1.165, 1.54) is 17.4 Å². The number of hydrogen-bond acceptors (Lipinski definition) is 5. The summed E-state index contributed by atoms with van der Waals surface area (Å²) in [7, 11) is 0. The lowest BCUT2D eigenvalue weighted by Crippen LogP contribution is -2.24. The number of carbonyl (C=O) groups is 1. The van der Waals surface area contributed by atoms with Gasteiger partial charge in [0.2, 0.25) is 4.80 Å². The van der Waals surface area contributed by atoms with Gasteiger partial charge in [-0.15, -0.1) is 0 Å². The van der Waals surface area contributed by atoms with Crippen molar-refractivity contribution >= 4 is 17.2 Å². The first-order valence-corrected chi connectivity index (χ1v) is 12.0. The Morgan fingerprint density at radius 1 is 1.30 bits per heavy atom. The number of halogens is 3. The lowest BCUT2D eigenvalue weighted by molar-refractivity contribution is -0.137. The number of aryl methyl sites for hydroxylation is 1. The van der Waals surface area contributed by atoms with E-state index in [-0.39, 0.29) is 17.5 Å². The molecule has 1 saturated heterocycles. The van der Waals surface area contributed by atoms with Gasteiger partial charge in [0.05, 0.1) is 11.7 Å². The Balaban J connectivity index is 2.04. The zero-order valence-electron chi connectivity index (χ0n) is 19.4. The van der Waals surface area contributed by atoms with Crippen LogP contribution in [0.2, 0.25) is 0 Å². The number of benzene rings is 1. The summed E-state index contributed by atoms with van der Waals surface area (Å²) >= 11 is 1.29. The number of rotatable bonds is 6. The Bertz CT molecular complexity index is 1050. The molecule has 0 bridgehead atoms. The molecule has 182 valence electrons. The number of carbonyl (C=O) groups excluding carboxylic acids is 1. The lowest BCUT2D eigenvalue weighted by atomic mass is 9.98. The van der Waals surface area contributed by atoms with Gasteiger partial charge in [-0.2, -0.15) is 23.3 Å². The Hall–Kier alpha value is -2.04. The van der Waals surface area contributed by atoms with Gasteiger partial charge < -0.3 is 5.11 Å². The molecule has 1 aliphatic heterocycles. The molecule has 1 aliphatic rings. The Morgan fingerprint density at radius 2 is 2.03 bits per heavy atom. The summed E-state index contributed by atoms with van der Waals surface area (Å²) in [6.45, 7) is 9.98. The van der Waals surface area contributed by atoms with Crippen LogP contribution >= 0.6 is 11.3 Å². The van der Waals surface area contributed by atoms with E-state index in [0.29, 0.717) is 36.4 Å². The van der Waals surface area contributed by atoms with Crippen LogP contribution in [0.3, 0.4) is 0 Å². The molecular formula is C23H31F3N4O2S. The van der Waals surface area contributed by atoms with Crippen molar-refractivity contribution < 1.29 is 23.1 Å². The van der Waals surface area contributed by atoms with Crippen molar-refractivity contribution in [3.05, 3.63) is 44.7 Å². The predicted octanol–water partition coefficient (Wildman–Crippen LogP) is 4.37. The Morgan fingerprint density at radius 3 is 2.61 bits per heavy atom. The Kier molecular flexibility index (Phi) is 7.80. The van der Waals surface area contributed by atoms with Crippen LogP contribution in [0.25, 0.3) is 0 Å². The summed E-state index contributed by atoms with van der Waals surface area (Å²) in [4.78, 5) is 19.7. The number of hydrogen-bond donors (Lipinski definition) is 1. The van der Waals surface area contributed by atoms with Crippen LogP contribution in [0.5, 0.6) is 0 Å². The van der Waals surface area contributed by atoms with Crippen molar-refractivity contribution in [2.45, 2.75) is 77.7 Å². The van der Waals surface area contributed by atoms with Gasteiger partial charge in [-0.05, 0) is 30.5 Å². The topological polar surface area (TPSA) is 70.7 Å².